The van der Waals surface area contributed by atoms with E-state index in [2.05, 4.69) is 26.9 Å². The summed E-state index contributed by atoms with van der Waals surface area (Å²) in [6.45, 7) is 14.2. The van der Waals surface area contributed by atoms with Crippen molar-refractivity contribution in [3.63, 3.8) is 0 Å². The van der Waals surface area contributed by atoms with Crippen molar-refractivity contribution < 1.29 is 37.1 Å². The van der Waals surface area contributed by atoms with Crippen molar-refractivity contribution >= 4 is 55.3 Å². The number of nitrogens with one attached hydrogen (secondary N) is 3. The standard InChI is InChI=1S/C33H45N5O8S2/c1-8-9-19-17-33(19,29(41)37-48(43,44)21-10-11-21)36-26(39)23-16-20(45-27-22-13-15-47-24(22)12-14-34-27)18-38(23)28(40)25(31(2,3)4)35-30(42)46-32(5,6)7/h8,12-15,19-21,23,25H,1,9-11,16-18H2,2-7H3,(H,35,42)(H,36,39)(H,37,41)/t19?,20-,23+,25-,33-/m1/s1. The van der Waals surface area contributed by atoms with Crippen LogP contribution < -0.4 is 20.1 Å². The molecule has 4 amide bonds. The summed E-state index contributed by atoms with van der Waals surface area (Å²) in [5.41, 5.74) is -3.08. The lowest BCUT2D eigenvalue weighted by Gasteiger charge is -2.36. The highest BCUT2D eigenvalue weighted by molar-refractivity contribution is 7.91. The smallest absolute Gasteiger partial charge is 0.408 e. The maximum absolute atomic E-state index is 14.4. The number of carbonyl (C=O) groups is 4. The third kappa shape index (κ3) is 7.77. The predicted octanol–water partition coefficient (Wildman–Crippen LogP) is 3.64. The Morgan fingerprint density at radius 2 is 1.88 bits per heavy atom. The Bertz CT molecular complexity index is 1710. The van der Waals surface area contributed by atoms with Gasteiger partial charge < -0.3 is 25.0 Å². The number of thiophene rings is 1. The van der Waals surface area contributed by atoms with Gasteiger partial charge in [-0.05, 0) is 75.3 Å². The fraction of sp³-hybridized carbons (Fsp3) is 0.606. The third-order valence-corrected chi connectivity index (χ3v) is 11.5. The van der Waals surface area contributed by atoms with Gasteiger partial charge in [0.05, 0.1) is 17.2 Å². The van der Waals surface area contributed by atoms with Crippen LogP contribution in [0.5, 0.6) is 5.88 Å². The lowest BCUT2D eigenvalue weighted by atomic mass is 9.85. The number of amides is 4. The van der Waals surface area contributed by atoms with E-state index in [1.54, 1.807) is 53.8 Å². The Morgan fingerprint density at radius 3 is 2.50 bits per heavy atom. The molecule has 3 fully saturated rings. The first kappa shape index (κ1) is 35.6. The summed E-state index contributed by atoms with van der Waals surface area (Å²) >= 11 is 1.53. The lowest BCUT2D eigenvalue weighted by molar-refractivity contribution is -0.143. The van der Waals surface area contributed by atoms with Crippen LogP contribution in [0.15, 0.2) is 36.4 Å². The van der Waals surface area contributed by atoms with E-state index in [0.29, 0.717) is 25.1 Å². The zero-order chi connectivity index (χ0) is 35.2. The number of hydrogen-bond donors (Lipinski definition) is 3. The first-order valence-corrected chi connectivity index (χ1v) is 18.5. The molecule has 262 valence electrons. The number of carbonyl (C=O) groups excluding carboxylic acids is 4. The summed E-state index contributed by atoms with van der Waals surface area (Å²) < 4.78 is 40.3. The molecule has 15 heteroatoms. The van der Waals surface area contributed by atoms with Gasteiger partial charge in [0.15, 0.2) is 0 Å². The highest BCUT2D eigenvalue weighted by Gasteiger charge is 2.62. The predicted molar refractivity (Wildman–Crippen MR) is 181 cm³/mol. The molecule has 5 atom stereocenters. The van der Waals surface area contributed by atoms with E-state index in [0.717, 1.165) is 10.1 Å². The van der Waals surface area contributed by atoms with Crippen molar-refractivity contribution in [2.24, 2.45) is 11.3 Å². The summed E-state index contributed by atoms with van der Waals surface area (Å²) in [6.07, 6.45) is 3.39. The molecule has 2 saturated carbocycles. The van der Waals surface area contributed by atoms with Gasteiger partial charge >= 0.3 is 6.09 Å². The summed E-state index contributed by atoms with van der Waals surface area (Å²) in [6, 6.07) is 1.56. The number of alkyl carbamates (subject to hydrolysis) is 1. The van der Waals surface area contributed by atoms with Gasteiger partial charge in [0.1, 0.15) is 29.3 Å². The zero-order valence-corrected chi connectivity index (χ0v) is 29.8. The second-order valence-corrected chi connectivity index (χ2v) is 17.8. The van der Waals surface area contributed by atoms with E-state index >= 15 is 0 Å². The molecular weight excluding hydrogens is 659 g/mol. The summed E-state index contributed by atoms with van der Waals surface area (Å²) in [5.74, 6) is -1.98. The number of pyridine rings is 1. The van der Waals surface area contributed by atoms with E-state index < -0.39 is 73.8 Å². The Kier molecular flexibility index (Phi) is 9.60. The molecule has 3 heterocycles. The molecule has 48 heavy (non-hydrogen) atoms. The molecular formula is C33H45N5O8S2. The molecule has 0 spiro atoms. The van der Waals surface area contributed by atoms with Crippen LogP contribution >= 0.6 is 11.3 Å². The van der Waals surface area contributed by atoms with Crippen LogP contribution in [-0.4, -0.2) is 83.2 Å². The molecule has 0 bridgehead atoms. The fourth-order valence-corrected chi connectivity index (χ4v) is 8.16. The van der Waals surface area contributed by atoms with Gasteiger partial charge in [0.2, 0.25) is 27.7 Å². The molecule has 3 aliphatic rings. The van der Waals surface area contributed by atoms with E-state index in [1.165, 1.54) is 16.2 Å². The number of nitrogens with zero attached hydrogens (tertiary/aromatic N) is 2. The first-order valence-electron chi connectivity index (χ1n) is 16.1. The molecule has 1 aliphatic heterocycles. The van der Waals surface area contributed by atoms with Gasteiger partial charge in [-0.25, -0.2) is 18.2 Å². The normalized spacial score (nSPS) is 24.8. The van der Waals surface area contributed by atoms with Crippen LogP contribution in [0.2, 0.25) is 0 Å². The summed E-state index contributed by atoms with van der Waals surface area (Å²) in [7, 11) is -3.88. The Morgan fingerprint density at radius 1 is 1.17 bits per heavy atom. The van der Waals surface area contributed by atoms with Crippen molar-refractivity contribution in [3.05, 3.63) is 36.4 Å². The van der Waals surface area contributed by atoms with Crippen LogP contribution in [0.4, 0.5) is 4.79 Å². The highest BCUT2D eigenvalue weighted by atomic mass is 32.2. The minimum Gasteiger partial charge on any atom is -0.472 e. The number of ether oxygens (including phenoxy) is 2. The zero-order valence-electron chi connectivity index (χ0n) is 28.2. The molecule has 2 aliphatic carbocycles. The van der Waals surface area contributed by atoms with Crippen LogP contribution in [0.1, 0.15) is 73.6 Å². The molecule has 2 aromatic rings. The van der Waals surface area contributed by atoms with Gasteiger partial charge in [0, 0.05) is 17.3 Å². The molecule has 5 rings (SSSR count). The molecule has 0 radical (unpaired) electrons. The highest BCUT2D eigenvalue weighted by Crippen LogP contribution is 2.47. The number of rotatable bonds is 11. The quantitative estimate of drug-likeness (QED) is 0.296. The SMILES string of the molecule is C=CCC1C[C@]1(NC(=O)[C@@H]1C[C@@H](Oc2nccc3sccc23)CN1C(=O)[C@@H](NC(=O)OC(C)(C)C)C(C)(C)C)C(=O)NS(=O)(=O)C1CC1. The van der Waals surface area contributed by atoms with Crippen LogP contribution in [0.3, 0.4) is 0 Å². The number of sulfonamides is 1. The summed E-state index contributed by atoms with van der Waals surface area (Å²) in [5, 5.41) is 7.62. The Hall–Kier alpha value is -3.72. The average Bonchev–Trinajstić information content (AvgIpc) is 3.84. The maximum atomic E-state index is 14.4. The second-order valence-electron chi connectivity index (χ2n) is 14.9. The van der Waals surface area contributed by atoms with Crippen molar-refractivity contribution in [1.82, 2.24) is 25.2 Å². The Balaban J connectivity index is 1.43. The monoisotopic (exact) mass is 703 g/mol. The van der Waals surface area contributed by atoms with E-state index in [4.69, 9.17) is 9.47 Å². The van der Waals surface area contributed by atoms with E-state index in [1.807, 2.05) is 17.5 Å². The number of aromatic nitrogens is 1. The topological polar surface area (TPSA) is 173 Å². The van der Waals surface area contributed by atoms with Crippen LogP contribution in [-0.2, 0) is 29.1 Å². The van der Waals surface area contributed by atoms with Gasteiger partial charge in [-0.2, -0.15) is 0 Å². The average molecular weight is 704 g/mol. The largest absolute Gasteiger partial charge is 0.472 e. The number of hydrogen-bond acceptors (Lipinski definition) is 10. The van der Waals surface area contributed by atoms with E-state index in [-0.39, 0.29) is 25.3 Å². The number of likely N-dealkylation sites (tertiary alicyclic amines) is 1. The Labute approximate surface area is 285 Å². The summed E-state index contributed by atoms with van der Waals surface area (Å²) in [4.78, 5) is 60.7. The lowest BCUT2D eigenvalue weighted by Crippen LogP contribution is -2.60. The molecule has 1 unspecified atom stereocenters. The van der Waals surface area contributed by atoms with Gasteiger partial charge in [-0.3, -0.25) is 19.1 Å². The second kappa shape index (κ2) is 13.0. The third-order valence-electron chi connectivity index (χ3n) is 8.75. The first-order chi connectivity index (χ1) is 22.3. The number of fused-ring (bicyclic) bond motifs is 1. The van der Waals surface area contributed by atoms with E-state index in [9.17, 15) is 27.6 Å². The van der Waals surface area contributed by atoms with Crippen molar-refractivity contribution in [3.8, 4) is 5.88 Å². The van der Waals surface area contributed by atoms with Gasteiger partial charge in [-0.15, -0.1) is 17.9 Å². The molecule has 0 aromatic carbocycles. The fourth-order valence-electron chi connectivity index (χ4n) is 6.02. The van der Waals surface area contributed by atoms with Crippen molar-refractivity contribution in [2.45, 2.75) is 108 Å². The molecule has 2 aromatic heterocycles. The van der Waals surface area contributed by atoms with Crippen molar-refractivity contribution in [1.29, 1.82) is 0 Å². The van der Waals surface area contributed by atoms with Gasteiger partial charge in [0.25, 0.3) is 5.91 Å². The molecule has 1 saturated heterocycles. The maximum Gasteiger partial charge on any atom is 0.408 e. The number of allylic oxidation sites excluding steroid dienone is 1. The van der Waals surface area contributed by atoms with Gasteiger partial charge in [-0.1, -0.05) is 26.8 Å². The molecule has 3 N–H and O–H groups in total. The van der Waals surface area contributed by atoms with Crippen LogP contribution in [0, 0.1) is 11.3 Å². The van der Waals surface area contributed by atoms with Crippen LogP contribution in [0.25, 0.3) is 10.1 Å². The molecule has 13 nitrogen and oxygen atoms in total. The minimum absolute atomic E-state index is 0.00690. The van der Waals surface area contributed by atoms with Crippen molar-refractivity contribution in [2.75, 3.05) is 6.54 Å². The minimum atomic E-state index is -3.88.